The summed E-state index contributed by atoms with van der Waals surface area (Å²) in [7, 11) is 0. The third-order valence-electron chi connectivity index (χ3n) is 5.30. The van der Waals surface area contributed by atoms with Crippen LogP contribution in [0.4, 0.5) is 11.6 Å². The molecule has 0 bridgehead atoms. The lowest BCUT2D eigenvalue weighted by Gasteiger charge is -2.32. The van der Waals surface area contributed by atoms with Crippen LogP contribution in [0.1, 0.15) is 24.1 Å². The Morgan fingerprint density at radius 2 is 2.00 bits per heavy atom. The number of hydrogen-bond donors (Lipinski definition) is 2. The summed E-state index contributed by atoms with van der Waals surface area (Å²) >= 11 is 0. The topological polar surface area (TPSA) is 110 Å². The fraction of sp³-hybridized carbons (Fsp3) is 0.318. The van der Waals surface area contributed by atoms with E-state index in [2.05, 4.69) is 36.2 Å². The molecule has 3 aromatic rings. The number of carbonyl (C=O) groups excluding carboxylic acids is 1. The molecule has 1 fully saturated rings. The van der Waals surface area contributed by atoms with E-state index in [1.807, 2.05) is 31.2 Å². The van der Waals surface area contributed by atoms with E-state index in [4.69, 9.17) is 5.73 Å². The maximum absolute atomic E-state index is 11.4. The molecule has 1 saturated heterocycles. The molecule has 0 radical (unpaired) electrons. The Labute approximate surface area is 175 Å². The number of hydrogen-bond acceptors (Lipinski definition) is 7. The van der Waals surface area contributed by atoms with Crippen molar-refractivity contribution in [3.63, 3.8) is 0 Å². The van der Waals surface area contributed by atoms with Crippen molar-refractivity contribution < 1.29 is 4.79 Å². The Hall–Kier alpha value is -3.55. The number of nitrogens with one attached hydrogen (secondary N) is 1. The first-order chi connectivity index (χ1) is 14.6. The Kier molecular flexibility index (Phi) is 5.83. The van der Waals surface area contributed by atoms with Crippen molar-refractivity contribution in [3.05, 3.63) is 60.2 Å². The van der Waals surface area contributed by atoms with Gasteiger partial charge < -0.3 is 16.0 Å². The van der Waals surface area contributed by atoms with E-state index in [1.54, 1.807) is 18.6 Å². The number of primary amides is 1. The van der Waals surface area contributed by atoms with Gasteiger partial charge in [0.05, 0.1) is 0 Å². The van der Waals surface area contributed by atoms with Crippen LogP contribution in [0.5, 0.6) is 0 Å². The fourth-order valence-corrected chi connectivity index (χ4v) is 3.70. The van der Waals surface area contributed by atoms with Gasteiger partial charge in [-0.15, -0.1) is 0 Å². The van der Waals surface area contributed by atoms with Crippen LogP contribution in [0.25, 0.3) is 11.4 Å². The first-order valence-electron chi connectivity index (χ1n) is 10.1. The van der Waals surface area contributed by atoms with Gasteiger partial charge in [-0.2, -0.15) is 0 Å². The summed E-state index contributed by atoms with van der Waals surface area (Å²) in [5, 5.41) is 3.41. The van der Waals surface area contributed by atoms with Gasteiger partial charge in [0, 0.05) is 67.0 Å². The van der Waals surface area contributed by atoms with E-state index in [-0.39, 0.29) is 11.8 Å². The SMILES string of the molecule is Cc1cc(NCc2cccnc2N2CCC(C(N)=O)CC2)nc(-c2cccnc2)n1. The van der Waals surface area contributed by atoms with Crippen LogP contribution < -0.4 is 16.0 Å². The molecule has 4 rings (SSSR count). The van der Waals surface area contributed by atoms with E-state index < -0.39 is 0 Å². The third kappa shape index (κ3) is 4.53. The number of nitrogens with zero attached hydrogens (tertiary/aromatic N) is 5. The fourth-order valence-electron chi connectivity index (χ4n) is 3.70. The minimum Gasteiger partial charge on any atom is -0.369 e. The van der Waals surface area contributed by atoms with Crippen molar-refractivity contribution in [3.8, 4) is 11.4 Å². The molecule has 1 aliphatic heterocycles. The van der Waals surface area contributed by atoms with Gasteiger partial charge >= 0.3 is 0 Å². The highest BCUT2D eigenvalue weighted by atomic mass is 16.1. The average Bonchev–Trinajstić information content (AvgIpc) is 2.78. The number of aromatic nitrogens is 4. The molecule has 8 heteroatoms. The molecule has 3 N–H and O–H groups in total. The molecule has 0 aliphatic carbocycles. The van der Waals surface area contributed by atoms with E-state index in [0.29, 0.717) is 12.4 Å². The Morgan fingerprint density at radius 1 is 1.20 bits per heavy atom. The summed E-state index contributed by atoms with van der Waals surface area (Å²) in [6, 6.07) is 9.74. The second-order valence-electron chi connectivity index (χ2n) is 7.46. The van der Waals surface area contributed by atoms with Crippen molar-refractivity contribution in [2.24, 2.45) is 11.7 Å². The molecule has 0 spiro atoms. The number of rotatable bonds is 6. The number of pyridine rings is 2. The molecule has 3 aromatic heterocycles. The summed E-state index contributed by atoms with van der Waals surface area (Å²) in [5.41, 5.74) is 8.30. The van der Waals surface area contributed by atoms with Gasteiger partial charge in [0.25, 0.3) is 0 Å². The average molecular weight is 403 g/mol. The summed E-state index contributed by atoms with van der Waals surface area (Å²) < 4.78 is 0. The standard InChI is InChI=1S/C22H25N7O/c1-15-12-19(28-21(27-15)17-4-2-8-24-13-17)26-14-18-5-3-9-25-22(18)29-10-6-16(7-11-29)20(23)30/h2-5,8-9,12-13,16H,6-7,10-11,14H2,1H3,(H2,23,30)(H,26,27,28). The number of aryl methyl sites for hydroxylation is 1. The van der Waals surface area contributed by atoms with Crippen LogP contribution in [0, 0.1) is 12.8 Å². The second-order valence-corrected chi connectivity index (χ2v) is 7.46. The molecule has 30 heavy (non-hydrogen) atoms. The predicted molar refractivity (Wildman–Crippen MR) is 116 cm³/mol. The zero-order valence-corrected chi connectivity index (χ0v) is 17.0. The zero-order chi connectivity index (χ0) is 20.9. The van der Waals surface area contributed by atoms with E-state index in [0.717, 1.165) is 54.4 Å². The third-order valence-corrected chi connectivity index (χ3v) is 5.30. The number of carbonyl (C=O) groups is 1. The van der Waals surface area contributed by atoms with Gasteiger partial charge in [0.1, 0.15) is 11.6 Å². The highest BCUT2D eigenvalue weighted by Crippen LogP contribution is 2.25. The molecule has 1 aliphatic rings. The normalized spacial score (nSPS) is 14.5. The minimum atomic E-state index is -0.207. The first-order valence-corrected chi connectivity index (χ1v) is 10.1. The van der Waals surface area contributed by atoms with Gasteiger partial charge in [0.15, 0.2) is 5.82 Å². The Balaban J connectivity index is 1.49. The van der Waals surface area contributed by atoms with Crippen LogP contribution in [0.2, 0.25) is 0 Å². The van der Waals surface area contributed by atoms with Gasteiger partial charge in [-0.25, -0.2) is 15.0 Å². The highest BCUT2D eigenvalue weighted by molar-refractivity contribution is 5.77. The van der Waals surface area contributed by atoms with Crippen LogP contribution in [0.15, 0.2) is 48.9 Å². The van der Waals surface area contributed by atoms with Gasteiger partial charge in [-0.05, 0) is 38.0 Å². The zero-order valence-electron chi connectivity index (χ0n) is 17.0. The van der Waals surface area contributed by atoms with Crippen LogP contribution in [-0.4, -0.2) is 38.9 Å². The number of amides is 1. The smallest absolute Gasteiger partial charge is 0.220 e. The number of nitrogens with two attached hydrogens (primary N) is 1. The molecule has 1 amide bonds. The van der Waals surface area contributed by atoms with Crippen LogP contribution in [0.3, 0.4) is 0 Å². The Morgan fingerprint density at radius 3 is 2.73 bits per heavy atom. The monoisotopic (exact) mass is 403 g/mol. The van der Waals surface area contributed by atoms with Crippen molar-refractivity contribution in [1.29, 1.82) is 0 Å². The largest absolute Gasteiger partial charge is 0.369 e. The second kappa shape index (κ2) is 8.86. The molecule has 154 valence electrons. The van der Waals surface area contributed by atoms with E-state index in [9.17, 15) is 4.79 Å². The maximum Gasteiger partial charge on any atom is 0.220 e. The molecule has 0 saturated carbocycles. The van der Waals surface area contributed by atoms with E-state index in [1.165, 1.54) is 0 Å². The summed E-state index contributed by atoms with van der Waals surface area (Å²) in [6.07, 6.45) is 6.81. The summed E-state index contributed by atoms with van der Waals surface area (Å²) in [5.74, 6) is 2.09. The van der Waals surface area contributed by atoms with Gasteiger partial charge in [-0.3, -0.25) is 9.78 Å². The maximum atomic E-state index is 11.4. The minimum absolute atomic E-state index is 0.0403. The highest BCUT2D eigenvalue weighted by Gasteiger charge is 2.24. The van der Waals surface area contributed by atoms with Crippen molar-refractivity contribution in [1.82, 2.24) is 19.9 Å². The molecule has 8 nitrogen and oxygen atoms in total. The van der Waals surface area contributed by atoms with Crippen LogP contribution >= 0.6 is 0 Å². The Bertz CT molecular complexity index is 1020. The molecule has 4 heterocycles. The van der Waals surface area contributed by atoms with Crippen LogP contribution in [-0.2, 0) is 11.3 Å². The van der Waals surface area contributed by atoms with Crippen molar-refractivity contribution in [2.75, 3.05) is 23.3 Å². The molecular formula is C22H25N7O. The predicted octanol–water partition coefficient (Wildman–Crippen LogP) is 2.56. The lowest BCUT2D eigenvalue weighted by molar-refractivity contribution is -0.122. The van der Waals surface area contributed by atoms with E-state index >= 15 is 0 Å². The number of piperidine rings is 1. The number of anilines is 2. The first kappa shape index (κ1) is 19.8. The quantitative estimate of drug-likeness (QED) is 0.651. The summed E-state index contributed by atoms with van der Waals surface area (Å²) in [6.45, 7) is 4.08. The lowest BCUT2D eigenvalue weighted by atomic mass is 9.96. The lowest BCUT2D eigenvalue weighted by Crippen LogP contribution is -2.39. The molecule has 0 aromatic carbocycles. The molecule has 0 unspecified atom stereocenters. The summed E-state index contributed by atoms with van der Waals surface area (Å²) in [4.78, 5) is 31.6. The van der Waals surface area contributed by atoms with Gasteiger partial charge in [-0.1, -0.05) is 6.07 Å². The van der Waals surface area contributed by atoms with Crippen molar-refractivity contribution in [2.45, 2.75) is 26.3 Å². The molecular weight excluding hydrogens is 378 g/mol. The molecule has 0 atom stereocenters. The van der Waals surface area contributed by atoms with Crippen molar-refractivity contribution >= 4 is 17.5 Å². The van der Waals surface area contributed by atoms with Gasteiger partial charge in [0.2, 0.25) is 5.91 Å².